The average molecular weight is 162 g/mol. The lowest BCUT2D eigenvalue weighted by Crippen LogP contribution is -2.07. The van der Waals surface area contributed by atoms with Crippen molar-refractivity contribution in [2.45, 2.75) is 20.3 Å². The second-order valence-electron chi connectivity index (χ2n) is 3.00. The van der Waals surface area contributed by atoms with E-state index >= 15 is 0 Å². The van der Waals surface area contributed by atoms with Crippen LogP contribution >= 0.6 is 12.4 Å². The van der Waals surface area contributed by atoms with E-state index in [9.17, 15) is 0 Å². The topological polar surface area (TPSA) is 12.0 Å². The largest absolute Gasteiger partial charge is 0.316 e. The molecule has 0 amide bonds. The van der Waals surface area contributed by atoms with E-state index in [1.54, 1.807) is 0 Å². The Labute approximate surface area is 69.3 Å². The molecular weight excluding hydrogens is 146 g/mol. The van der Waals surface area contributed by atoms with Crippen molar-refractivity contribution in [3.63, 3.8) is 0 Å². The average Bonchev–Trinajstić information content (AvgIpc) is 2.15. The van der Waals surface area contributed by atoms with Crippen molar-refractivity contribution in [1.29, 1.82) is 0 Å². The van der Waals surface area contributed by atoms with Gasteiger partial charge in [-0.2, -0.15) is 0 Å². The van der Waals surface area contributed by atoms with Crippen LogP contribution in [0.4, 0.5) is 0 Å². The van der Waals surface area contributed by atoms with Crippen molar-refractivity contribution < 1.29 is 0 Å². The van der Waals surface area contributed by atoms with E-state index in [4.69, 9.17) is 0 Å². The maximum Gasteiger partial charge on any atom is 0.00147 e. The third-order valence-corrected chi connectivity index (χ3v) is 1.67. The van der Waals surface area contributed by atoms with Crippen molar-refractivity contribution >= 4 is 12.4 Å². The first-order chi connectivity index (χ1) is 4.29. The third-order valence-electron chi connectivity index (χ3n) is 1.67. The van der Waals surface area contributed by atoms with Crippen molar-refractivity contribution in [1.82, 2.24) is 5.32 Å². The molecule has 1 saturated heterocycles. The number of hydrogen-bond acceptors (Lipinski definition) is 1. The van der Waals surface area contributed by atoms with Crippen LogP contribution in [0.15, 0.2) is 11.6 Å². The van der Waals surface area contributed by atoms with Gasteiger partial charge in [-0.3, -0.25) is 0 Å². The quantitative estimate of drug-likeness (QED) is 0.580. The van der Waals surface area contributed by atoms with E-state index < -0.39 is 0 Å². The number of rotatable bonds is 1. The minimum absolute atomic E-state index is 0. The van der Waals surface area contributed by atoms with Crippen molar-refractivity contribution in [2.75, 3.05) is 13.1 Å². The predicted molar refractivity (Wildman–Crippen MR) is 47.7 cm³/mol. The lowest BCUT2D eigenvalue weighted by molar-refractivity contribution is 0.722. The normalized spacial score (nSPS) is 23.6. The summed E-state index contributed by atoms with van der Waals surface area (Å²) in [7, 11) is 0. The molecule has 1 atom stereocenters. The summed E-state index contributed by atoms with van der Waals surface area (Å²) < 4.78 is 0. The van der Waals surface area contributed by atoms with Crippen LogP contribution in [-0.4, -0.2) is 13.1 Å². The highest BCUT2D eigenvalue weighted by Gasteiger charge is 2.10. The fourth-order valence-electron chi connectivity index (χ4n) is 1.29. The smallest absolute Gasteiger partial charge is 0.00147 e. The molecule has 1 fully saturated rings. The van der Waals surface area contributed by atoms with E-state index in [2.05, 4.69) is 25.2 Å². The lowest BCUT2D eigenvalue weighted by Gasteiger charge is -1.99. The van der Waals surface area contributed by atoms with Gasteiger partial charge in [-0.1, -0.05) is 11.6 Å². The molecule has 0 aromatic heterocycles. The first-order valence-electron chi connectivity index (χ1n) is 3.65. The van der Waals surface area contributed by atoms with Gasteiger partial charge in [0.1, 0.15) is 0 Å². The molecular formula is C8H16ClN. The Morgan fingerprint density at radius 3 is 2.60 bits per heavy atom. The number of allylic oxidation sites excluding steroid dienone is 1. The summed E-state index contributed by atoms with van der Waals surface area (Å²) in [5, 5.41) is 3.33. The van der Waals surface area contributed by atoms with Gasteiger partial charge in [0.2, 0.25) is 0 Å². The summed E-state index contributed by atoms with van der Waals surface area (Å²) in [5.41, 5.74) is 1.45. The van der Waals surface area contributed by atoms with Crippen LogP contribution in [-0.2, 0) is 0 Å². The van der Waals surface area contributed by atoms with Crippen molar-refractivity contribution in [3.8, 4) is 0 Å². The molecule has 10 heavy (non-hydrogen) atoms. The van der Waals surface area contributed by atoms with Crippen LogP contribution < -0.4 is 5.32 Å². The Kier molecular flexibility index (Phi) is 4.75. The Morgan fingerprint density at radius 1 is 1.50 bits per heavy atom. The van der Waals surface area contributed by atoms with Gasteiger partial charge in [0.05, 0.1) is 0 Å². The van der Waals surface area contributed by atoms with Crippen molar-refractivity contribution in [3.05, 3.63) is 11.6 Å². The van der Waals surface area contributed by atoms with E-state index in [0.29, 0.717) is 0 Å². The summed E-state index contributed by atoms with van der Waals surface area (Å²) in [6, 6.07) is 0. The molecule has 0 radical (unpaired) electrons. The molecule has 1 aliphatic rings. The van der Waals surface area contributed by atoms with Gasteiger partial charge in [-0.25, -0.2) is 0 Å². The molecule has 0 aromatic rings. The molecule has 0 aromatic carbocycles. The van der Waals surface area contributed by atoms with Crippen LogP contribution in [0, 0.1) is 5.92 Å². The second kappa shape index (κ2) is 4.75. The SMILES string of the molecule is CC(C)=CC1CCNC1.Cl. The Balaban J connectivity index is 0.000000810. The third kappa shape index (κ3) is 3.23. The molecule has 0 bridgehead atoms. The van der Waals surface area contributed by atoms with Crippen LogP contribution in [0.1, 0.15) is 20.3 Å². The van der Waals surface area contributed by atoms with E-state index in [0.717, 1.165) is 5.92 Å². The molecule has 60 valence electrons. The van der Waals surface area contributed by atoms with Gasteiger partial charge in [-0.15, -0.1) is 12.4 Å². The van der Waals surface area contributed by atoms with E-state index in [1.807, 2.05) is 0 Å². The van der Waals surface area contributed by atoms with Gasteiger partial charge in [0.25, 0.3) is 0 Å². The van der Waals surface area contributed by atoms with Gasteiger partial charge in [0.15, 0.2) is 0 Å². The zero-order chi connectivity index (χ0) is 6.69. The maximum atomic E-state index is 3.33. The molecule has 1 heterocycles. The monoisotopic (exact) mass is 161 g/mol. The molecule has 2 heteroatoms. The predicted octanol–water partition coefficient (Wildman–Crippen LogP) is 1.98. The highest BCUT2D eigenvalue weighted by Crippen LogP contribution is 2.10. The summed E-state index contributed by atoms with van der Waals surface area (Å²) >= 11 is 0. The minimum atomic E-state index is 0. The Hall–Kier alpha value is -0.0100. The summed E-state index contributed by atoms with van der Waals surface area (Å²) in [4.78, 5) is 0. The maximum absolute atomic E-state index is 3.33. The molecule has 0 aliphatic carbocycles. The first kappa shape index (κ1) is 9.99. The van der Waals surface area contributed by atoms with Crippen LogP contribution in [0.3, 0.4) is 0 Å². The van der Waals surface area contributed by atoms with Crippen LogP contribution in [0.25, 0.3) is 0 Å². The highest BCUT2D eigenvalue weighted by atomic mass is 35.5. The minimum Gasteiger partial charge on any atom is -0.316 e. The van der Waals surface area contributed by atoms with Gasteiger partial charge < -0.3 is 5.32 Å². The summed E-state index contributed by atoms with van der Waals surface area (Å²) in [6.45, 7) is 6.72. The Morgan fingerprint density at radius 2 is 2.20 bits per heavy atom. The molecule has 1 unspecified atom stereocenters. The number of hydrogen-bond donors (Lipinski definition) is 1. The van der Waals surface area contributed by atoms with Gasteiger partial charge >= 0.3 is 0 Å². The number of nitrogens with one attached hydrogen (secondary N) is 1. The second-order valence-corrected chi connectivity index (χ2v) is 3.00. The molecule has 0 spiro atoms. The molecule has 1 nitrogen and oxygen atoms in total. The standard InChI is InChI=1S/C8H15N.ClH/c1-7(2)5-8-3-4-9-6-8;/h5,8-9H,3-4,6H2,1-2H3;1H. The lowest BCUT2D eigenvalue weighted by atomic mass is 10.1. The first-order valence-corrected chi connectivity index (χ1v) is 3.65. The van der Waals surface area contributed by atoms with E-state index in [-0.39, 0.29) is 12.4 Å². The Bertz CT molecular complexity index is 110. The molecule has 1 rings (SSSR count). The fourth-order valence-corrected chi connectivity index (χ4v) is 1.29. The molecule has 1 N–H and O–H groups in total. The van der Waals surface area contributed by atoms with Crippen LogP contribution in [0.5, 0.6) is 0 Å². The fraction of sp³-hybridized carbons (Fsp3) is 0.750. The zero-order valence-electron chi connectivity index (χ0n) is 6.68. The number of halogens is 1. The van der Waals surface area contributed by atoms with Gasteiger partial charge in [0, 0.05) is 6.54 Å². The van der Waals surface area contributed by atoms with E-state index in [1.165, 1.54) is 25.1 Å². The summed E-state index contributed by atoms with van der Waals surface area (Å²) in [6.07, 6.45) is 3.69. The molecule has 1 aliphatic heterocycles. The summed E-state index contributed by atoms with van der Waals surface area (Å²) in [5.74, 6) is 0.815. The van der Waals surface area contributed by atoms with Crippen LogP contribution in [0.2, 0.25) is 0 Å². The highest BCUT2D eigenvalue weighted by molar-refractivity contribution is 5.85. The van der Waals surface area contributed by atoms with Crippen molar-refractivity contribution in [2.24, 2.45) is 5.92 Å². The molecule has 0 saturated carbocycles. The van der Waals surface area contributed by atoms with Gasteiger partial charge in [-0.05, 0) is 32.7 Å². The zero-order valence-corrected chi connectivity index (χ0v) is 7.50.